The summed E-state index contributed by atoms with van der Waals surface area (Å²) >= 11 is 0. The van der Waals surface area contributed by atoms with E-state index in [0.29, 0.717) is 29.6 Å². The summed E-state index contributed by atoms with van der Waals surface area (Å²) < 4.78 is 0. The maximum absolute atomic E-state index is 11.5. The first kappa shape index (κ1) is 9.24. The summed E-state index contributed by atoms with van der Waals surface area (Å²) in [6, 6.07) is 0. The molecule has 2 N–H and O–H groups in total. The molecule has 0 saturated heterocycles. The Hall–Kier alpha value is -1.32. The van der Waals surface area contributed by atoms with E-state index < -0.39 is 0 Å². The number of rotatable bonds is 2. The van der Waals surface area contributed by atoms with Crippen molar-refractivity contribution >= 4 is 0 Å². The largest absolute Gasteiger partial charge is 0.493 e. The summed E-state index contributed by atoms with van der Waals surface area (Å²) in [5, 5.41) is 9.50. The van der Waals surface area contributed by atoms with E-state index in [1.807, 2.05) is 6.92 Å². The first-order valence-electron chi connectivity index (χ1n) is 4.95. The number of aromatic amines is 1. The Kier molecular flexibility index (Phi) is 2.06. The Morgan fingerprint density at radius 1 is 1.64 bits per heavy atom. The lowest BCUT2D eigenvalue weighted by Gasteiger charge is -2.02. The summed E-state index contributed by atoms with van der Waals surface area (Å²) in [4.78, 5) is 18.2. The molecule has 2 atom stereocenters. The van der Waals surface area contributed by atoms with Crippen LogP contribution in [0.1, 0.15) is 37.6 Å². The number of nitrogens with one attached hydrogen (secondary N) is 1. The number of hydrogen-bond acceptors (Lipinski definition) is 3. The minimum Gasteiger partial charge on any atom is -0.493 e. The molecule has 1 saturated carbocycles. The molecule has 0 radical (unpaired) electrons. The fourth-order valence-electron chi connectivity index (χ4n) is 1.70. The monoisotopic (exact) mass is 194 g/mol. The fraction of sp³-hybridized carbons (Fsp3) is 0.600. The lowest BCUT2D eigenvalue weighted by Crippen LogP contribution is -2.16. The molecule has 0 amide bonds. The van der Waals surface area contributed by atoms with Gasteiger partial charge in [-0.25, -0.2) is 0 Å². The fourth-order valence-corrected chi connectivity index (χ4v) is 1.70. The lowest BCUT2D eigenvalue weighted by molar-refractivity contribution is 0.439. The van der Waals surface area contributed by atoms with Gasteiger partial charge in [0.15, 0.2) is 0 Å². The predicted octanol–water partition coefficient (Wildman–Crippen LogP) is 1.16. The van der Waals surface area contributed by atoms with Crippen LogP contribution >= 0.6 is 0 Å². The van der Waals surface area contributed by atoms with E-state index in [2.05, 4.69) is 16.9 Å². The lowest BCUT2D eigenvalue weighted by atomic mass is 10.2. The predicted molar refractivity (Wildman–Crippen MR) is 52.4 cm³/mol. The van der Waals surface area contributed by atoms with Crippen molar-refractivity contribution < 1.29 is 5.11 Å². The third-order valence-corrected chi connectivity index (χ3v) is 2.83. The van der Waals surface area contributed by atoms with Crippen LogP contribution in [0.15, 0.2) is 4.79 Å². The summed E-state index contributed by atoms with van der Waals surface area (Å²) in [6.45, 7) is 3.93. The summed E-state index contributed by atoms with van der Waals surface area (Å²) in [6.07, 6.45) is 1.56. The van der Waals surface area contributed by atoms with Crippen molar-refractivity contribution in [2.75, 3.05) is 0 Å². The molecular weight excluding hydrogens is 180 g/mol. The van der Waals surface area contributed by atoms with E-state index in [9.17, 15) is 9.90 Å². The molecule has 1 aliphatic rings. The molecule has 1 aliphatic carbocycles. The van der Waals surface area contributed by atoms with Crippen LogP contribution < -0.4 is 5.56 Å². The molecule has 2 unspecified atom stereocenters. The standard InChI is InChI=1S/C10H14N2O2/c1-3-6-9(13)11-8(12-10(6)14)7-4-5(7)2/h5,7H,3-4H2,1-2H3,(H2,11,12,13,14). The number of hydrogen-bond donors (Lipinski definition) is 2. The first-order valence-corrected chi connectivity index (χ1v) is 4.95. The maximum Gasteiger partial charge on any atom is 0.257 e. The van der Waals surface area contributed by atoms with E-state index in [0.717, 1.165) is 6.42 Å². The van der Waals surface area contributed by atoms with Crippen LogP contribution in [0, 0.1) is 5.92 Å². The van der Waals surface area contributed by atoms with Crippen LogP contribution in [0.25, 0.3) is 0 Å². The SMILES string of the molecule is CCc1c(O)nc(C2CC2C)[nH]c1=O. The molecule has 14 heavy (non-hydrogen) atoms. The van der Waals surface area contributed by atoms with Crippen molar-refractivity contribution in [3.05, 3.63) is 21.7 Å². The molecule has 1 heterocycles. The van der Waals surface area contributed by atoms with Gasteiger partial charge in [-0.3, -0.25) is 4.79 Å². The highest BCUT2D eigenvalue weighted by molar-refractivity contribution is 5.24. The van der Waals surface area contributed by atoms with Crippen LogP contribution in [0.2, 0.25) is 0 Å². The molecule has 1 fully saturated rings. The Morgan fingerprint density at radius 2 is 2.29 bits per heavy atom. The smallest absolute Gasteiger partial charge is 0.257 e. The second-order valence-corrected chi connectivity index (χ2v) is 3.93. The second-order valence-electron chi connectivity index (χ2n) is 3.93. The molecule has 4 heteroatoms. The summed E-state index contributed by atoms with van der Waals surface area (Å²) in [5.41, 5.74) is 0.177. The average molecular weight is 194 g/mol. The molecular formula is C10H14N2O2. The van der Waals surface area contributed by atoms with E-state index in [-0.39, 0.29) is 11.4 Å². The van der Waals surface area contributed by atoms with Gasteiger partial charge in [0.25, 0.3) is 5.56 Å². The molecule has 1 aromatic rings. The minimum atomic E-state index is -0.200. The topological polar surface area (TPSA) is 66.0 Å². The molecule has 2 rings (SSSR count). The van der Waals surface area contributed by atoms with Gasteiger partial charge in [0.2, 0.25) is 5.88 Å². The Balaban J connectivity index is 2.42. The van der Waals surface area contributed by atoms with Crippen LogP contribution in [0.4, 0.5) is 0 Å². The van der Waals surface area contributed by atoms with Crippen LogP contribution in [0.5, 0.6) is 5.88 Å². The van der Waals surface area contributed by atoms with Crippen molar-refractivity contribution in [2.45, 2.75) is 32.6 Å². The number of aromatic hydroxyl groups is 1. The highest BCUT2D eigenvalue weighted by Gasteiger charge is 2.36. The van der Waals surface area contributed by atoms with Crippen molar-refractivity contribution in [1.82, 2.24) is 9.97 Å². The first-order chi connectivity index (χ1) is 6.63. The summed E-state index contributed by atoms with van der Waals surface area (Å²) in [7, 11) is 0. The van der Waals surface area contributed by atoms with Gasteiger partial charge in [-0.15, -0.1) is 0 Å². The highest BCUT2D eigenvalue weighted by atomic mass is 16.3. The van der Waals surface area contributed by atoms with Crippen molar-refractivity contribution in [3.8, 4) is 5.88 Å². The van der Waals surface area contributed by atoms with Crippen molar-refractivity contribution in [3.63, 3.8) is 0 Å². The van der Waals surface area contributed by atoms with Crippen LogP contribution in [-0.2, 0) is 6.42 Å². The third kappa shape index (κ3) is 1.41. The summed E-state index contributed by atoms with van der Waals surface area (Å²) in [5.74, 6) is 1.44. The van der Waals surface area contributed by atoms with Gasteiger partial charge in [0, 0.05) is 5.92 Å². The molecule has 4 nitrogen and oxygen atoms in total. The zero-order chi connectivity index (χ0) is 10.3. The Bertz CT molecular complexity index is 411. The zero-order valence-electron chi connectivity index (χ0n) is 8.37. The maximum atomic E-state index is 11.5. The van der Waals surface area contributed by atoms with E-state index in [1.54, 1.807) is 0 Å². The molecule has 0 aliphatic heterocycles. The van der Waals surface area contributed by atoms with E-state index in [4.69, 9.17) is 0 Å². The molecule has 0 bridgehead atoms. The Labute approximate surface area is 82.0 Å². The van der Waals surface area contributed by atoms with E-state index in [1.165, 1.54) is 0 Å². The zero-order valence-corrected chi connectivity index (χ0v) is 8.37. The quantitative estimate of drug-likeness (QED) is 0.742. The van der Waals surface area contributed by atoms with Crippen LogP contribution in [-0.4, -0.2) is 15.1 Å². The number of nitrogens with zero attached hydrogens (tertiary/aromatic N) is 1. The molecule has 0 spiro atoms. The van der Waals surface area contributed by atoms with Gasteiger partial charge in [-0.2, -0.15) is 4.98 Å². The second kappa shape index (κ2) is 3.12. The number of H-pyrrole nitrogens is 1. The van der Waals surface area contributed by atoms with Crippen molar-refractivity contribution in [1.29, 1.82) is 0 Å². The third-order valence-electron chi connectivity index (χ3n) is 2.83. The van der Waals surface area contributed by atoms with Crippen molar-refractivity contribution in [2.24, 2.45) is 5.92 Å². The molecule has 0 aromatic carbocycles. The van der Waals surface area contributed by atoms with Gasteiger partial charge in [0.1, 0.15) is 5.82 Å². The van der Waals surface area contributed by atoms with Crippen LogP contribution in [0.3, 0.4) is 0 Å². The van der Waals surface area contributed by atoms with Gasteiger partial charge in [0.05, 0.1) is 5.56 Å². The molecule has 76 valence electrons. The Morgan fingerprint density at radius 3 is 2.71 bits per heavy atom. The number of aromatic nitrogens is 2. The average Bonchev–Trinajstić information content (AvgIpc) is 2.82. The van der Waals surface area contributed by atoms with Gasteiger partial charge in [-0.1, -0.05) is 13.8 Å². The van der Waals surface area contributed by atoms with Gasteiger partial charge >= 0.3 is 0 Å². The molecule has 1 aromatic heterocycles. The minimum absolute atomic E-state index is 0.106. The van der Waals surface area contributed by atoms with Gasteiger partial charge < -0.3 is 10.1 Å². The van der Waals surface area contributed by atoms with Gasteiger partial charge in [-0.05, 0) is 18.8 Å². The highest BCUT2D eigenvalue weighted by Crippen LogP contribution is 2.45. The normalized spacial score (nSPS) is 25.0. The van der Waals surface area contributed by atoms with E-state index >= 15 is 0 Å².